The van der Waals surface area contributed by atoms with Crippen LogP contribution in [0.15, 0.2) is 24.3 Å². The first-order valence-corrected chi connectivity index (χ1v) is 7.50. The molecule has 0 radical (unpaired) electrons. The van der Waals surface area contributed by atoms with Gasteiger partial charge in [0.15, 0.2) is 0 Å². The van der Waals surface area contributed by atoms with Gasteiger partial charge in [-0.1, -0.05) is 45.9 Å². The van der Waals surface area contributed by atoms with Gasteiger partial charge < -0.3 is 10.1 Å². The number of rotatable bonds is 8. The van der Waals surface area contributed by atoms with E-state index in [1.807, 2.05) is 0 Å². The van der Waals surface area contributed by atoms with Gasteiger partial charge >= 0.3 is 0 Å². The molecule has 0 amide bonds. The number of para-hydroxylation sites is 1. The topological polar surface area (TPSA) is 21.3 Å². The Labute approximate surface area is 118 Å². The minimum absolute atomic E-state index is 0.198. The minimum atomic E-state index is 0.198. The van der Waals surface area contributed by atoms with Crippen molar-refractivity contribution in [3.63, 3.8) is 0 Å². The molecular weight excluding hydrogens is 234 g/mol. The fourth-order valence-corrected chi connectivity index (χ4v) is 2.05. The zero-order valence-electron chi connectivity index (χ0n) is 13.1. The second kappa shape index (κ2) is 8.21. The predicted octanol–water partition coefficient (Wildman–Crippen LogP) is 4.21. The van der Waals surface area contributed by atoms with Crippen molar-refractivity contribution in [2.45, 2.75) is 53.1 Å². The third kappa shape index (κ3) is 5.65. The highest BCUT2D eigenvalue weighted by Gasteiger charge is 2.12. The highest BCUT2D eigenvalue weighted by atomic mass is 16.5. The molecular formula is C17H29NO. The summed E-state index contributed by atoms with van der Waals surface area (Å²) in [6.45, 7) is 13.0. The first kappa shape index (κ1) is 16.0. The van der Waals surface area contributed by atoms with Crippen molar-refractivity contribution < 1.29 is 4.74 Å². The molecule has 2 unspecified atom stereocenters. The molecule has 108 valence electrons. The molecule has 0 aliphatic rings. The van der Waals surface area contributed by atoms with E-state index >= 15 is 0 Å². The lowest BCUT2D eigenvalue weighted by molar-refractivity contribution is 0.212. The maximum absolute atomic E-state index is 6.09. The van der Waals surface area contributed by atoms with Gasteiger partial charge in [-0.05, 0) is 43.4 Å². The van der Waals surface area contributed by atoms with Gasteiger partial charge in [0.05, 0.1) is 0 Å². The standard InChI is InChI=1S/C17H29NO/c1-6-14(4)16-9-7-8-10-17(16)19-15(5)12-18-11-13(2)3/h7-10,13-15,18H,6,11-12H2,1-5H3. The molecule has 1 aromatic carbocycles. The summed E-state index contributed by atoms with van der Waals surface area (Å²) in [5.74, 6) is 2.27. The Morgan fingerprint density at radius 2 is 1.74 bits per heavy atom. The Kier molecular flexibility index (Phi) is 6.93. The lowest BCUT2D eigenvalue weighted by atomic mass is 9.98. The third-order valence-electron chi connectivity index (χ3n) is 3.37. The molecule has 1 N–H and O–H groups in total. The van der Waals surface area contributed by atoms with Crippen LogP contribution in [0.4, 0.5) is 0 Å². The molecule has 0 spiro atoms. The van der Waals surface area contributed by atoms with Crippen LogP contribution < -0.4 is 10.1 Å². The number of benzene rings is 1. The maximum Gasteiger partial charge on any atom is 0.123 e. The van der Waals surface area contributed by atoms with Gasteiger partial charge in [0.2, 0.25) is 0 Å². The molecule has 0 saturated heterocycles. The van der Waals surface area contributed by atoms with Crippen molar-refractivity contribution >= 4 is 0 Å². The lowest BCUT2D eigenvalue weighted by Crippen LogP contribution is -2.31. The fourth-order valence-electron chi connectivity index (χ4n) is 2.05. The molecule has 0 bridgehead atoms. The summed E-state index contributed by atoms with van der Waals surface area (Å²) in [5.41, 5.74) is 1.32. The van der Waals surface area contributed by atoms with Crippen LogP contribution in [0.5, 0.6) is 5.75 Å². The highest BCUT2D eigenvalue weighted by molar-refractivity contribution is 5.36. The predicted molar refractivity (Wildman–Crippen MR) is 82.9 cm³/mol. The molecule has 0 fully saturated rings. The Hall–Kier alpha value is -1.02. The minimum Gasteiger partial charge on any atom is -0.489 e. The van der Waals surface area contributed by atoms with Crippen molar-refractivity contribution in [2.24, 2.45) is 5.92 Å². The van der Waals surface area contributed by atoms with Gasteiger partial charge in [-0.2, -0.15) is 0 Å². The molecule has 0 aromatic heterocycles. The number of hydrogen-bond acceptors (Lipinski definition) is 2. The van der Waals surface area contributed by atoms with Crippen LogP contribution in [0, 0.1) is 5.92 Å². The molecule has 0 aliphatic heterocycles. The van der Waals surface area contributed by atoms with Crippen molar-refractivity contribution in [1.29, 1.82) is 0 Å². The van der Waals surface area contributed by atoms with Gasteiger partial charge in [0, 0.05) is 6.54 Å². The highest BCUT2D eigenvalue weighted by Crippen LogP contribution is 2.28. The lowest BCUT2D eigenvalue weighted by Gasteiger charge is -2.20. The smallest absolute Gasteiger partial charge is 0.123 e. The van der Waals surface area contributed by atoms with Crippen molar-refractivity contribution in [1.82, 2.24) is 5.32 Å². The Bertz CT molecular complexity index is 362. The van der Waals surface area contributed by atoms with Crippen molar-refractivity contribution in [3.8, 4) is 5.75 Å². The summed E-state index contributed by atoms with van der Waals surface area (Å²) in [4.78, 5) is 0. The largest absolute Gasteiger partial charge is 0.489 e. The number of hydrogen-bond donors (Lipinski definition) is 1. The Morgan fingerprint density at radius 1 is 1.05 bits per heavy atom. The average molecular weight is 263 g/mol. The molecule has 0 saturated carbocycles. The Morgan fingerprint density at radius 3 is 2.37 bits per heavy atom. The Balaban J connectivity index is 2.56. The summed E-state index contributed by atoms with van der Waals surface area (Å²) in [7, 11) is 0. The normalized spacial score (nSPS) is 14.4. The van der Waals surface area contributed by atoms with E-state index < -0.39 is 0 Å². The van der Waals surface area contributed by atoms with E-state index in [4.69, 9.17) is 4.74 Å². The van der Waals surface area contributed by atoms with E-state index in [-0.39, 0.29) is 6.10 Å². The maximum atomic E-state index is 6.09. The summed E-state index contributed by atoms with van der Waals surface area (Å²) in [5, 5.41) is 3.44. The zero-order chi connectivity index (χ0) is 14.3. The van der Waals surface area contributed by atoms with Crippen LogP contribution in [0.1, 0.15) is 52.5 Å². The van der Waals surface area contributed by atoms with Crippen LogP contribution >= 0.6 is 0 Å². The van der Waals surface area contributed by atoms with Crippen LogP contribution in [-0.4, -0.2) is 19.2 Å². The van der Waals surface area contributed by atoms with Gasteiger partial charge in [-0.25, -0.2) is 0 Å². The zero-order valence-corrected chi connectivity index (χ0v) is 13.1. The molecule has 0 aliphatic carbocycles. The molecule has 0 heterocycles. The van der Waals surface area contributed by atoms with Crippen LogP contribution in [0.3, 0.4) is 0 Å². The third-order valence-corrected chi connectivity index (χ3v) is 3.37. The van der Waals surface area contributed by atoms with Crippen molar-refractivity contribution in [2.75, 3.05) is 13.1 Å². The van der Waals surface area contributed by atoms with E-state index in [1.165, 1.54) is 5.56 Å². The second-order valence-corrected chi connectivity index (χ2v) is 5.83. The fraction of sp³-hybridized carbons (Fsp3) is 0.647. The van der Waals surface area contributed by atoms with Gasteiger partial charge in [-0.3, -0.25) is 0 Å². The average Bonchev–Trinajstić information content (AvgIpc) is 2.38. The van der Waals surface area contributed by atoms with Gasteiger partial charge in [-0.15, -0.1) is 0 Å². The molecule has 19 heavy (non-hydrogen) atoms. The van der Waals surface area contributed by atoms with Gasteiger partial charge in [0.25, 0.3) is 0 Å². The van der Waals surface area contributed by atoms with E-state index in [1.54, 1.807) is 0 Å². The molecule has 2 heteroatoms. The van der Waals surface area contributed by atoms with Crippen LogP contribution in [0.2, 0.25) is 0 Å². The van der Waals surface area contributed by atoms with Crippen LogP contribution in [0.25, 0.3) is 0 Å². The first-order chi connectivity index (χ1) is 9.04. The number of ether oxygens (including phenoxy) is 1. The first-order valence-electron chi connectivity index (χ1n) is 7.50. The van der Waals surface area contributed by atoms with Crippen LogP contribution in [-0.2, 0) is 0 Å². The molecule has 1 rings (SSSR count). The molecule has 1 aromatic rings. The molecule has 2 nitrogen and oxygen atoms in total. The summed E-state index contributed by atoms with van der Waals surface area (Å²) >= 11 is 0. The monoisotopic (exact) mass is 263 g/mol. The second-order valence-electron chi connectivity index (χ2n) is 5.83. The summed E-state index contributed by atoms with van der Waals surface area (Å²) in [6.07, 6.45) is 1.34. The van der Waals surface area contributed by atoms with E-state index in [9.17, 15) is 0 Å². The van der Waals surface area contributed by atoms with E-state index in [2.05, 4.69) is 64.2 Å². The molecule has 2 atom stereocenters. The van der Waals surface area contributed by atoms with Crippen molar-refractivity contribution in [3.05, 3.63) is 29.8 Å². The SMILES string of the molecule is CCC(C)c1ccccc1OC(C)CNCC(C)C. The quantitative estimate of drug-likeness (QED) is 0.758. The summed E-state index contributed by atoms with van der Waals surface area (Å²) < 4.78 is 6.09. The number of nitrogens with one attached hydrogen (secondary N) is 1. The van der Waals surface area contributed by atoms with E-state index in [0.717, 1.165) is 25.3 Å². The van der Waals surface area contributed by atoms with E-state index in [0.29, 0.717) is 11.8 Å². The summed E-state index contributed by atoms with van der Waals surface area (Å²) in [6, 6.07) is 8.41. The van der Waals surface area contributed by atoms with Gasteiger partial charge in [0.1, 0.15) is 11.9 Å².